The molecule has 1 unspecified atom stereocenters. The van der Waals surface area contributed by atoms with Gasteiger partial charge in [-0.25, -0.2) is 4.79 Å². The van der Waals surface area contributed by atoms with E-state index in [0.29, 0.717) is 28.9 Å². The average Bonchev–Trinajstić information content (AvgIpc) is 2.41. The normalized spacial score (nSPS) is 12.6. The van der Waals surface area contributed by atoms with E-state index >= 15 is 0 Å². The molecule has 0 saturated carbocycles. The van der Waals surface area contributed by atoms with Crippen LogP contribution < -0.4 is 10.1 Å². The molecule has 1 aromatic carbocycles. The lowest BCUT2D eigenvalue weighted by molar-refractivity contribution is -0.139. The molecule has 1 amide bonds. The van der Waals surface area contributed by atoms with Crippen LogP contribution in [0.4, 0.5) is 0 Å². The predicted octanol–water partition coefficient (Wildman–Crippen LogP) is 2.29. The minimum Gasteiger partial charge on any atom is -0.481 e. The molecule has 0 radical (unpaired) electrons. The molecule has 0 fully saturated rings. The van der Waals surface area contributed by atoms with Crippen molar-refractivity contribution in [3.8, 4) is 5.75 Å². The Morgan fingerprint density at radius 2 is 1.75 bits per heavy atom. The summed E-state index contributed by atoms with van der Waals surface area (Å²) in [5, 5.41) is 21.4. The number of ether oxygens (including phenoxy) is 1. The van der Waals surface area contributed by atoms with Crippen LogP contribution in [-0.2, 0) is 4.79 Å². The van der Waals surface area contributed by atoms with E-state index in [0.717, 1.165) is 0 Å². The van der Waals surface area contributed by atoms with Crippen molar-refractivity contribution in [2.45, 2.75) is 47.1 Å². The van der Waals surface area contributed by atoms with E-state index in [9.17, 15) is 14.7 Å². The number of aryl methyl sites for hydroxylation is 2. The van der Waals surface area contributed by atoms with Gasteiger partial charge in [0.2, 0.25) is 0 Å². The summed E-state index contributed by atoms with van der Waals surface area (Å²) in [6.07, 6.45) is -0.0119. The van der Waals surface area contributed by atoms with E-state index in [1.54, 1.807) is 26.0 Å². The van der Waals surface area contributed by atoms with Crippen molar-refractivity contribution in [3.05, 3.63) is 28.8 Å². The van der Waals surface area contributed by atoms with Gasteiger partial charge in [-0.2, -0.15) is 0 Å². The van der Waals surface area contributed by atoms with Gasteiger partial charge in [-0.05, 0) is 48.9 Å². The number of benzene rings is 1. The third-order valence-corrected chi connectivity index (χ3v) is 3.41. The zero-order chi connectivity index (χ0) is 18.5. The number of carboxylic acid groups (broad SMARTS) is 1. The quantitative estimate of drug-likeness (QED) is 0.709. The first-order valence-electron chi connectivity index (χ1n) is 7.91. The van der Waals surface area contributed by atoms with Gasteiger partial charge in [0.15, 0.2) is 6.61 Å². The van der Waals surface area contributed by atoms with E-state index in [4.69, 9.17) is 9.84 Å². The fourth-order valence-electron chi connectivity index (χ4n) is 2.53. The number of aliphatic hydroxyl groups is 1. The molecule has 6 heteroatoms. The number of hydrogen-bond acceptors (Lipinski definition) is 4. The standard InChI is InChI=1S/C18H27NO5/c1-11-6-13(7-12(2)16(11)24-10-15(21)22)17(23)19-9-14(20)8-18(3,4)5/h6-7,14,20H,8-10H2,1-5H3,(H,19,23)(H,21,22). The highest BCUT2D eigenvalue weighted by Crippen LogP contribution is 2.25. The van der Waals surface area contributed by atoms with Gasteiger partial charge in [-0.3, -0.25) is 4.79 Å². The van der Waals surface area contributed by atoms with E-state index in [1.807, 2.05) is 20.8 Å². The van der Waals surface area contributed by atoms with E-state index in [-0.39, 0.29) is 17.9 Å². The van der Waals surface area contributed by atoms with Crippen LogP contribution in [0, 0.1) is 19.3 Å². The van der Waals surface area contributed by atoms with Crippen LogP contribution in [0.15, 0.2) is 12.1 Å². The van der Waals surface area contributed by atoms with E-state index < -0.39 is 18.7 Å². The minimum absolute atomic E-state index is 0.0134. The van der Waals surface area contributed by atoms with Crippen molar-refractivity contribution in [2.24, 2.45) is 5.41 Å². The maximum absolute atomic E-state index is 12.2. The third-order valence-electron chi connectivity index (χ3n) is 3.41. The van der Waals surface area contributed by atoms with Crippen molar-refractivity contribution >= 4 is 11.9 Å². The lowest BCUT2D eigenvalue weighted by Gasteiger charge is -2.22. The van der Waals surface area contributed by atoms with Gasteiger partial charge in [0.05, 0.1) is 6.10 Å². The first-order valence-corrected chi connectivity index (χ1v) is 7.91. The monoisotopic (exact) mass is 337 g/mol. The highest BCUT2D eigenvalue weighted by Gasteiger charge is 2.18. The van der Waals surface area contributed by atoms with E-state index in [1.165, 1.54) is 0 Å². The highest BCUT2D eigenvalue weighted by molar-refractivity contribution is 5.94. The SMILES string of the molecule is Cc1cc(C(=O)NCC(O)CC(C)(C)C)cc(C)c1OCC(=O)O. The van der Waals surface area contributed by atoms with Crippen molar-refractivity contribution in [2.75, 3.05) is 13.2 Å². The van der Waals surface area contributed by atoms with Gasteiger partial charge < -0.3 is 20.3 Å². The summed E-state index contributed by atoms with van der Waals surface area (Å²) in [7, 11) is 0. The molecule has 3 N–H and O–H groups in total. The fraction of sp³-hybridized carbons (Fsp3) is 0.556. The Balaban J connectivity index is 2.73. The molecule has 1 atom stereocenters. The number of carbonyl (C=O) groups is 2. The summed E-state index contributed by atoms with van der Waals surface area (Å²) >= 11 is 0. The lowest BCUT2D eigenvalue weighted by atomic mass is 9.89. The van der Waals surface area contributed by atoms with Crippen LogP contribution >= 0.6 is 0 Å². The van der Waals surface area contributed by atoms with Gasteiger partial charge in [-0.1, -0.05) is 20.8 Å². The molecule has 0 aliphatic rings. The second-order valence-corrected chi connectivity index (χ2v) is 7.25. The average molecular weight is 337 g/mol. The molecular formula is C18H27NO5. The zero-order valence-electron chi connectivity index (χ0n) is 15.0. The minimum atomic E-state index is -1.05. The Bertz CT molecular complexity index is 581. The van der Waals surface area contributed by atoms with Crippen molar-refractivity contribution in [1.82, 2.24) is 5.32 Å². The molecule has 134 valence electrons. The van der Waals surface area contributed by atoms with Crippen LogP contribution in [0.5, 0.6) is 5.75 Å². The maximum atomic E-state index is 12.2. The van der Waals surface area contributed by atoms with Crippen molar-refractivity contribution in [1.29, 1.82) is 0 Å². The van der Waals surface area contributed by atoms with Crippen LogP contribution in [0.2, 0.25) is 0 Å². The molecular weight excluding hydrogens is 310 g/mol. The topological polar surface area (TPSA) is 95.9 Å². The summed E-state index contributed by atoms with van der Waals surface area (Å²) in [6.45, 7) is 9.37. The summed E-state index contributed by atoms with van der Waals surface area (Å²) in [4.78, 5) is 22.8. The Morgan fingerprint density at radius 1 is 1.21 bits per heavy atom. The number of carboxylic acids is 1. The molecule has 0 aliphatic heterocycles. The Hall–Kier alpha value is -2.08. The van der Waals surface area contributed by atoms with Gasteiger partial charge >= 0.3 is 5.97 Å². The lowest BCUT2D eigenvalue weighted by Crippen LogP contribution is -2.34. The van der Waals surface area contributed by atoms with Crippen LogP contribution in [0.1, 0.15) is 48.7 Å². The number of rotatable bonds is 7. The smallest absolute Gasteiger partial charge is 0.341 e. The molecule has 6 nitrogen and oxygen atoms in total. The Kier molecular flexibility index (Phi) is 6.78. The molecule has 0 spiro atoms. The molecule has 0 aliphatic carbocycles. The largest absolute Gasteiger partial charge is 0.481 e. The van der Waals surface area contributed by atoms with Crippen LogP contribution in [-0.4, -0.2) is 41.3 Å². The van der Waals surface area contributed by atoms with Crippen LogP contribution in [0.3, 0.4) is 0 Å². The number of amides is 1. The summed E-state index contributed by atoms with van der Waals surface area (Å²) in [6, 6.07) is 3.30. The Morgan fingerprint density at radius 3 is 2.21 bits per heavy atom. The predicted molar refractivity (Wildman–Crippen MR) is 91.5 cm³/mol. The van der Waals surface area contributed by atoms with E-state index in [2.05, 4.69) is 5.32 Å². The summed E-state index contributed by atoms with van der Waals surface area (Å²) in [5.74, 6) is -0.857. The number of hydrogen-bond donors (Lipinski definition) is 3. The first kappa shape index (κ1) is 20.0. The molecule has 0 aromatic heterocycles. The fourth-order valence-corrected chi connectivity index (χ4v) is 2.53. The molecule has 0 saturated heterocycles. The second-order valence-electron chi connectivity index (χ2n) is 7.25. The highest BCUT2D eigenvalue weighted by atomic mass is 16.5. The van der Waals surface area contributed by atoms with Crippen molar-refractivity contribution < 1.29 is 24.5 Å². The van der Waals surface area contributed by atoms with Gasteiger partial charge in [0.1, 0.15) is 5.75 Å². The maximum Gasteiger partial charge on any atom is 0.341 e. The van der Waals surface area contributed by atoms with Crippen LogP contribution in [0.25, 0.3) is 0 Å². The van der Waals surface area contributed by atoms with Gasteiger partial charge in [-0.15, -0.1) is 0 Å². The molecule has 0 heterocycles. The number of aliphatic hydroxyl groups excluding tert-OH is 1. The molecule has 0 bridgehead atoms. The molecule has 1 rings (SSSR count). The number of nitrogens with one attached hydrogen (secondary N) is 1. The molecule has 24 heavy (non-hydrogen) atoms. The zero-order valence-corrected chi connectivity index (χ0v) is 15.0. The van der Waals surface area contributed by atoms with Gasteiger partial charge in [0, 0.05) is 12.1 Å². The van der Waals surface area contributed by atoms with Crippen molar-refractivity contribution in [3.63, 3.8) is 0 Å². The molecule has 1 aromatic rings. The summed E-state index contributed by atoms with van der Waals surface area (Å²) in [5.41, 5.74) is 1.82. The number of aliphatic carboxylic acids is 1. The second kappa shape index (κ2) is 8.15. The summed E-state index contributed by atoms with van der Waals surface area (Å²) < 4.78 is 5.25. The first-order chi connectivity index (χ1) is 11.0. The number of carbonyl (C=O) groups excluding carboxylic acids is 1. The Labute approximate surface area is 142 Å². The van der Waals surface area contributed by atoms with Gasteiger partial charge in [0.25, 0.3) is 5.91 Å². The third kappa shape index (κ3) is 6.58.